The molecule has 3 aromatic rings. The Bertz CT molecular complexity index is 1370. The van der Waals surface area contributed by atoms with Crippen LogP contribution >= 0.6 is 0 Å². The van der Waals surface area contributed by atoms with Crippen LogP contribution in [0.25, 0.3) is 22.4 Å². The molecule has 0 radical (unpaired) electrons. The summed E-state index contributed by atoms with van der Waals surface area (Å²) in [5, 5.41) is 22.1. The summed E-state index contributed by atoms with van der Waals surface area (Å²) < 4.78 is 0. The van der Waals surface area contributed by atoms with Crippen molar-refractivity contribution in [3.8, 4) is 22.4 Å². The van der Waals surface area contributed by atoms with Crippen molar-refractivity contribution in [2.24, 2.45) is 11.7 Å². The van der Waals surface area contributed by atoms with Gasteiger partial charge in [-0.25, -0.2) is 0 Å². The third kappa shape index (κ3) is 6.49. The molecule has 0 aliphatic heterocycles. The zero-order valence-corrected chi connectivity index (χ0v) is 24.3. The van der Waals surface area contributed by atoms with Crippen LogP contribution in [0.1, 0.15) is 71.3 Å². The van der Waals surface area contributed by atoms with Crippen LogP contribution in [0.5, 0.6) is 0 Å². The van der Waals surface area contributed by atoms with Crippen molar-refractivity contribution in [1.82, 2.24) is 15.1 Å². The minimum atomic E-state index is -0.717. The number of hydrogen-bond acceptors (Lipinski definition) is 6. The maximum Gasteiger partial charge on any atom is 0.225 e. The highest BCUT2D eigenvalue weighted by atomic mass is 16.3. The second kappa shape index (κ2) is 11.7. The summed E-state index contributed by atoms with van der Waals surface area (Å²) >= 11 is 0. The first-order valence-corrected chi connectivity index (χ1v) is 14.7. The van der Waals surface area contributed by atoms with E-state index in [1.807, 2.05) is 79.4 Å². The van der Waals surface area contributed by atoms with Crippen LogP contribution in [0.3, 0.4) is 0 Å². The molecule has 2 aromatic carbocycles. The SMILES string of the molecule is CCN(C(C)=O)C1CCC(CC(=O)Nc2cc(-c3ccccc3)c(-c3ccc(C4(N)CC(C)(O)C4)cc3)nn2)CC1. The quantitative estimate of drug-likeness (QED) is 0.348. The number of aliphatic hydroxyl groups is 1. The van der Waals surface area contributed by atoms with Gasteiger partial charge in [-0.1, -0.05) is 54.6 Å². The largest absolute Gasteiger partial charge is 0.390 e. The van der Waals surface area contributed by atoms with Crippen molar-refractivity contribution in [3.63, 3.8) is 0 Å². The lowest BCUT2D eigenvalue weighted by Crippen LogP contribution is -2.58. The summed E-state index contributed by atoms with van der Waals surface area (Å²) in [5.74, 6) is 0.773. The number of rotatable bonds is 8. The van der Waals surface area contributed by atoms with Gasteiger partial charge in [0.1, 0.15) is 5.69 Å². The topological polar surface area (TPSA) is 121 Å². The average Bonchev–Trinajstić information content (AvgIpc) is 2.93. The Hall–Kier alpha value is -3.62. The lowest BCUT2D eigenvalue weighted by atomic mass is 9.63. The van der Waals surface area contributed by atoms with Crippen molar-refractivity contribution in [1.29, 1.82) is 0 Å². The van der Waals surface area contributed by atoms with Crippen LogP contribution in [0.15, 0.2) is 60.7 Å². The van der Waals surface area contributed by atoms with Gasteiger partial charge in [0.2, 0.25) is 11.8 Å². The van der Waals surface area contributed by atoms with Gasteiger partial charge >= 0.3 is 0 Å². The van der Waals surface area contributed by atoms with E-state index in [1.165, 1.54) is 0 Å². The van der Waals surface area contributed by atoms with E-state index >= 15 is 0 Å². The van der Waals surface area contributed by atoms with Crippen molar-refractivity contribution >= 4 is 17.6 Å². The number of carbonyl (C=O) groups is 2. The van der Waals surface area contributed by atoms with Gasteiger partial charge in [0.05, 0.1) is 5.60 Å². The van der Waals surface area contributed by atoms with Crippen molar-refractivity contribution in [2.75, 3.05) is 11.9 Å². The molecule has 0 saturated heterocycles. The summed E-state index contributed by atoms with van der Waals surface area (Å²) in [7, 11) is 0. The molecule has 8 nitrogen and oxygen atoms in total. The zero-order chi connectivity index (χ0) is 29.2. The standard InChI is InChI=1S/C33H41N5O3/c1-4-38(22(2)39)27-16-10-23(11-17-27)18-30(40)35-29-19-28(24-8-6-5-7-9-24)31(37-36-29)25-12-14-26(15-13-25)33(34)20-32(3,41)21-33/h5-9,12-15,19,23,27,41H,4,10-11,16-18,20-21,34H2,1-3H3,(H,35,36,40). The number of benzene rings is 2. The van der Waals surface area contributed by atoms with E-state index in [9.17, 15) is 14.7 Å². The highest BCUT2D eigenvalue weighted by molar-refractivity contribution is 5.91. The third-order valence-corrected chi connectivity index (χ3v) is 8.75. The molecule has 1 aromatic heterocycles. The van der Waals surface area contributed by atoms with E-state index in [2.05, 4.69) is 15.5 Å². The number of carbonyl (C=O) groups excluding carboxylic acids is 2. The molecular weight excluding hydrogens is 514 g/mol. The third-order valence-electron chi connectivity index (χ3n) is 8.75. The first kappa shape index (κ1) is 28.9. The number of nitrogens with two attached hydrogens (primary N) is 1. The number of nitrogens with one attached hydrogen (secondary N) is 1. The van der Waals surface area contributed by atoms with Gasteiger partial charge in [-0.3, -0.25) is 9.59 Å². The molecule has 2 fully saturated rings. The number of nitrogens with zero attached hydrogens (tertiary/aromatic N) is 3. The van der Waals surface area contributed by atoms with Gasteiger partial charge in [0, 0.05) is 42.6 Å². The summed E-state index contributed by atoms with van der Waals surface area (Å²) in [6.45, 7) is 6.19. The second-order valence-electron chi connectivity index (χ2n) is 12.2. The molecule has 1 heterocycles. The number of hydrogen-bond donors (Lipinski definition) is 3. The van der Waals surface area contributed by atoms with Crippen molar-refractivity contribution < 1.29 is 14.7 Å². The average molecular weight is 556 g/mol. The Morgan fingerprint density at radius 1 is 1.00 bits per heavy atom. The van der Waals surface area contributed by atoms with Gasteiger partial charge in [-0.2, -0.15) is 0 Å². The summed E-state index contributed by atoms with van der Waals surface area (Å²) in [6.07, 6.45) is 5.21. The van der Waals surface area contributed by atoms with Crippen LogP contribution in [0, 0.1) is 5.92 Å². The van der Waals surface area contributed by atoms with Gasteiger partial charge < -0.3 is 21.1 Å². The Kier molecular flexibility index (Phi) is 8.25. The monoisotopic (exact) mass is 555 g/mol. The number of aromatic nitrogens is 2. The molecule has 0 atom stereocenters. The molecule has 8 heteroatoms. The van der Waals surface area contributed by atoms with E-state index in [4.69, 9.17) is 5.73 Å². The Labute approximate surface area is 242 Å². The molecule has 2 amide bonds. The maximum absolute atomic E-state index is 13.0. The molecule has 0 bridgehead atoms. The predicted molar refractivity (Wildman–Crippen MR) is 161 cm³/mol. The zero-order valence-electron chi connectivity index (χ0n) is 24.3. The Balaban J connectivity index is 1.29. The van der Waals surface area contributed by atoms with E-state index in [0.717, 1.165) is 60.2 Å². The molecule has 2 aliphatic rings. The van der Waals surface area contributed by atoms with Crippen LogP contribution in [0.4, 0.5) is 5.82 Å². The minimum Gasteiger partial charge on any atom is -0.390 e. The number of anilines is 1. The molecule has 2 aliphatic carbocycles. The van der Waals surface area contributed by atoms with E-state index in [-0.39, 0.29) is 17.9 Å². The van der Waals surface area contributed by atoms with Gasteiger partial charge in [0.15, 0.2) is 5.82 Å². The van der Waals surface area contributed by atoms with Gasteiger partial charge in [-0.05, 0) is 75.5 Å². The normalized spacial score (nSPS) is 25.7. The molecule has 41 heavy (non-hydrogen) atoms. The van der Waals surface area contributed by atoms with Crippen LogP contribution < -0.4 is 11.1 Å². The lowest BCUT2D eigenvalue weighted by molar-refractivity contribution is -0.132. The van der Waals surface area contributed by atoms with Crippen molar-refractivity contribution in [3.05, 3.63) is 66.2 Å². The lowest BCUT2D eigenvalue weighted by Gasteiger charge is -2.49. The van der Waals surface area contributed by atoms with Crippen molar-refractivity contribution in [2.45, 2.75) is 82.9 Å². The summed E-state index contributed by atoms with van der Waals surface area (Å²) in [4.78, 5) is 26.9. The molecule has 0 spiro atoms. The van der Waals surface area contributed by atoms with Gasteiger partial charge in [-0.15, -0.1) is 10.2 Å². The van der Waals surface area contributed by atoms with E-state index in [0.29, 0.717) is 31.0 Å². The fraction of sp³-hybridized carbons (Fsp3) is 0.455. The molecular formula is C33H41N5O3. The Morgan fingerprint density at radius 2 is 1.66 bits per heavy atom. The van der Waals surface area contributed by atoms with Crippen LogP contribution in [-0.2, 0) is 15.1 Å². The summed E-state index contributed by atoms with van der Waals surface area (Å²) in [5.41, 5.74) is 9.76. The molecule has 0 unspecified atom stereocenters. The van der Waals surface area contributed by atoms with Gasteiger partial charge in [0.25, 0.3) is 0 Å². The molecule has 4 N–H and O–H groups in total. The first-order valence-electron chi connectivity index (χ1n) is 14.7. The first-order chi connectivity index (χ1) is 19.6. The minimum absolute atomic E-state index is 0.0672. The molecule has 2 saturated carbocycles. The maximum atomic E-state index is 13.0. The highest BCUT2D eigenvalue weighted by Gasteiger charge is 2.49. The highest BCUT2D eigenvalue weighted by Crippen LogP contribution is 2.46. The van der Waals surface area contributed by atoms with E-state index in [1.54, 1.807) is 6.92 Å². The second-order valence-corrected chi connectivity index (χ2v) is 12.2. The van der Waals surface area contributed by atoms with E-state index < -0.39 is 11.1 Å². The Morgan fingerprint density at radius 3 is 2.24 bits per heavy atom. The number of amides is 2. The van der Waals surface area contributed by atoms with Crippen LogP contribution in [-0.4, -0.2) is 50.2 Å². The molecule has 5 rings (SSSR count). The predicted octanol–water partition coefficient (Wildman–Crippen LogP) is 5.27. The summed E-state index contributed by atoms with van der Waals surface area (Å²) in [6, 6.07) is 20.1. The smallest absolute Gasteiger partial charge is 0.225 e. The fourth-order valence-electron chi connectivity index (χ4n) is 6.83. The van der Waals surface area contributed by atoms with Crippen LogP contribution in [0.2, 0.25) is 0 Å². The molecule has 216 valence electrons. The fourth-order valence-corrected chi connectivity index (χ4v) is 6.83.